The number of benzene rings is 1. The van der Waals surface area contributed by atoms with Crippen LogP contribution in [0.2, 0.25) is 0 Å². The maximum atomic E-state index is 10.8. The van der Waals surface area contributed by atoms with Gasteiger partial charge >= 0.3 is 11.8 Å². The number of nitrogens with two attached hydrogens (primary N) is 1. The molecule has 0 radical (unpaired) electrons. The molecule has 0 fully saturated rings. The molecule has 1 aromatic carbocycles. The van der Waals surface area contributed by atoms with Crippen LogP contribution in [0.3, 0.4) is 0 Å². The number of amides is 2. The fraction of sp³-hybridized carbons (Fsp3) is 0.182. The summed E-state index contributed by atoms with van der Waals surface area (Å²) in [6.45, 7) is 1.76. The van der Waals surface area contributed by atoms with Crippen molar-refractivity contribution in [3.63, 3.8) is 0 Å². The molecule has 5 heteroatoms. The average Bonchev–Trinajstić information content (AvgIpc) is 2.27. The highest BCUT2D eigenvalue weighted by molar-refractivity contribution is 6.34. The van der Waals surface area contributed by atoms with E-state index in [1.165, 1.54) is 0 Å². The molecule has 3 N–H and O–H groups in total. The molecule has 0 spiro atoms. The maximum Gasteiger partial charge on any atom is 0.329 e. The molecule has 0 saturated heterocycles. The van der Waals surface area contributed by atoms with Crippen LogP contribution >= 0.6 is 0 Å². The number of primary amides is 1. The van der Waals surface area contributed by atoms with Crippen molar-refractivity contribution in [3.05, 3.63) is 35.9 Å². The summed E-state index contributed by atoms with van der Waals surface area (Å²) in [6, 6.07) is 9.67. The summed E-state index contributed by atoms with van der Waals surface area (Å²) in [6.07, 6.45) is 0.611. The zero-order valence-electron chi connectivity index (χ0n) is 8.93. The second-order valence-corrected chi connectivity index (χ2v) is 3.31. The number of rotatable bonds is 3. The first-order valence-electron chi connectivity index (χ1n) is 4.76. The molecule has 1 rings (SSSR count). The van der Waals surface area contributed by atoms with Gasteiger partial charge in [-0.15, -0.1) is 0 Å². The van der Waals surface area contributed by atoms with E-state index >= 15 is 0 Å². The zero-order valence-corrected chi connectivity index (χ0v) is 8.93. The van der Waals surface area contributed by atoms with E-state index in [9.17, 15) is 9.59 Å². The summed E-state index contributed by atoms with van der Waals surface area (Å²) in [5, 5.41) is 3.76. The van der Waals surface area contributed by atoms with Crippen molar-refractivity contribution in [3.8, 4) is 0 Å². The molecule has 0 aliphatic heterocycles. The Balaban J connectivity index is 2.53. The van der Waals surface area contributed by atoms with Gasteiger partial charge in [0, 0.05) is 12.1 Å². The van der Waals surface area contributed by atoms with Crippen LogP contribution in [0.25, 0.3) is 0 Å². The highest BCUT2D eigenvalue weighted by atomic mass is 16.2. The molecule has 0 aromatic heterocycles. The van der Waals surface area contributed by atoms with E-state index in [-0.39, 0.29) is 0 Å². The highest BCUT2D eigenvalue weighted by Gasteiger charge is 2.06. The summed E-state index contributed by atoms with van der Waals surface area (Å²) >= 11 is 0. The van der Waals surface area contributed by atoms with Crippen LogP contribution in [0.15, 0.2) is 35.4 Å². The van der Waals surface area contributed by atoms with E-state index in [0.29, 0.717) is 12.1 Å². The number of carbonyl (C=O) groups excluding carboxylic acids is 2. The molecule has 0 aliphatic rings. The molecule has 0 aliphatic carbocycles. The van der Waals surface area contributed by atoms with Crippen molar-refractivity contribution in [1.82, 2.24) is 5.43 Å². The quantitative estimate of drug-likeness (QED) is 0.432. The molecule has 16 heavy (non-hydrogen) atoms. The van der Waals surface area contributed by atoms with Gasteiger partial charge in [-0.1, -0.05) is 30.3 Å². The van der Waals surface area contributed by atoms with Crippen LogP contribution in [0.4, 0.5) is 0 Å². The molecule has 2 amide bonds. The summed E-state index contributed by atoms with van der Waals surface area (Å²) < 4.78 is 0. The van der Waals surface area contributed by atoms with Gasteiger partial charge in [-0.3, -0.25) is 9.59 Å². The Hall–Kier alpha value is -2.17. The lowest BCUT2D eigenvalue weighted by Crippen LogP contribution is -2.33. The maximum absolute atomic E-state index is 10.8. The van der Waals surface area contributed by atoms with Gasteiger partial charge in [-0.05, 0) is 12.5 Å². The standard InChI is InChI=1S/C11H13N3O2/c1-8(13-14-11(16)10(12)15)7-9-5-3-2-4-6-9/h2-6H,7H2,1H3,(H2,12,15)(H,14,16)/b13-8+. The Morgan fingerprint density at radius 1 is 1.31 bits per heavy atom. The van der Waals surface area contributed by atoms with Crippen molar-refractivity contribution in [1.29, 1.82) is 0 Å². The zero-order chi connectivity index (χ0) is 12.0. The van der Waals surface area contributed by atoms with Crippen molar-refractivity contribution >= 4 is 17.5 Å². The van der Waals surface area contributed by atoms with Gasteiger partial charge < -0.3 is 5.73 Å². The van der Waals surface area contributed by atoms with E-state index in [1.54, 1.807) is 6.92 Å². The van der Waals surface area contributed by atoms with Crippen LogP contribution < -0.4 is 11.2 Å². The molecular weight excluding hydrogens is 206 g/mol. The third kappa shape index (κ3) is 3.91. The lowest BCUT2D eigenvalue weighted by atomic mass is 10.1. The molecule has 0 saturated carbocycles. The first-order valence-corrected chi connectivity index (χ1v) is 4.76. The Kier molecular flexibility index (Phi) is 4.20. The third-order valence-corrected chi connectivity index (χ3v) is 1.87. The van der Waals surface area contributed by atoms with E-state index in [2.05, 4.69) is 10.5 Å². The van der Waals surface area contributed by atoms with Gasteiger partial charge in [0.1, 0.15) is 0 Å². The summed E-state index contributed by atoms with van der Waals surface area (Å²) in [4.78, 5) is 21.2. The lowest BCUT2D eigenvalue weighted by molar-refractivity contribution is -0.137. The monoisotopic (exact) mass is 219 g/mol. The van der Waals surface area contributed by atoms with Gasteiger partial charge in [-0.25, -0.2) is 5.43 Å². The Morgan fingerprint density at radius 3 is 2.50 bits per heavy atom. The molecule has 0 atom stereocenters. The molecule has 1 aromatic rings. The number of nitrogens with one attached hydrogen (secondary N) is 1. The summed E-state index contributed by atoms with van der Waals surface area (Å²) in [5.74, 6) is -1.95. The fourth-order valence-corrected chi connectivity index (χ4v) is 1.13. The van der Waals surface area contributed by atoms with Crippen LogP contribution in [-0.4, -0.2) is 17.5 Å². The summed E-state index contributed by atoms with van der Waals surface area (Å²) in [5.41, 5.74) is 8.61. The Morgan fingerprint density at radius 2 is 1.94 bits per heavy atom. The normalized spacial score (nSPS) is 10.9. The van der Waals surface area contributed by atoms with Gasteiger partial charge in [-0.2, -0.15) is 5.10 Å². The number of nitrogens with zero attached hydrogens (tertiary/aromatic N) is 1. The van der Waals surface area contributed by atoms with Crippen LogP contribution in [-0.2, 0) is 16.0 Å². The average molecular weight is 219 g/mol. The second kappa shape index (κ2) is 5.65. The molecule has 0 unspecified atom stereocenters. The summed E-state index contributed by atoms with van der Waals surface area (Å²) in [7, 11) is 0. The van der Waals surface area contributed by atoms with Crippen molar-refractivity contribution < 1.29 is 9.59 Å². The van der Waals surface area contributed by atoms with Crippen LogP contribution in [0.1, 0.15) is 12.5 Å². The van der Waals surface area contributed by atoms with E-state index in [1.807, 2.05) is 30.3 Å². The fourth-order valence-electron chi connectivity index (χ4n) is 1.13. The first-order chi connectivity index (χ1) is 7.59. The van der Waals surface area contributed by atoms with E-state index < -0.39 is 11.8 Å². The predicted molar refractivity (Wildman–Crippen MR) is 60.6 cm³/mol. The minimum Gasteiger partial charge on any atom is -0.361 e. The smallest absolute Gasteiger partial charge is 0.329 e. The van der Waals surface area contributed by atoms with Crippen LogP contribution in [0, 0.1) is 0 Å². The Bertz CT molecular complexity index is 412. The van der Waals surface area contributed by atoms with Gasteiger partial charge in [0.2, 0.25) is 0 Å². The topological polar surface area (TPSA) is 84.6 Å². The first kappa shape index (κ1) is 11.9. The van der Waals surface area contributed by atoms with Gasteiger partial charge in [0.15, 0.2) is 0 Å². The highest BCUT2D eigenvalue weighted by Crippen LogP contribution is 2.00. The number of hydrogen-bond donors (Lipinski definition) is 2. The molecular formula is C11H13N3O2. The SMILES string of the molecule is C/C(Cc1ccccc1)=N\NC(=O)C(N)=O. The third-order valence-electron chi connectivity index (χ3n) is 1.87. The van der Waals surface area contributed by atoms with Crippen molar-refractivity contribution in [2.75, 3.05) is 0 Å². The van der Waals surface area contributed by atoms with Gasteiger partial charge in [0.25, 0.3) is 0 Å². The molecule has 84 valence electrons. The van der Waals surface area contributed by atoms with Crippen LogP contribution in [0.5, 0.6) is 0 Å². The molecule has 0 bridgehead atoms. The van der Waals surface area contributed by atoms with Crippen molar-refractivity contribution in [2.24, 2.45) is 10.8 Å². The molecule has 5 nitrogen and oxygen atoms in total. The Labute approximate surface area is 93.3 Å². The van der Waals surface area contributed by atoms with E-state index in [0.717, 1.165) is 5.56 Å². The minimum atomic E-state index is -1.05. The predicted octanol–water partition coefficient (Wildman–Crippen LogP) is 0.207. The number of carbonyl (C=O) groups is 2. The van der Waals surface area contributed by atoms with Gasteiger partial charge in [0.05, 0.1) is 0 Å². The lowest BCUT2D eigenvalue weighted by Gasteiger charge is -2.01. The number of hydrazone groups is 1. The molecule has 0 heterocycles. The largest absolute Gasteiger partial charge is 0.361 e. The minimum absolute atomic E-state index is 0.611. The second-order valence-electron chi connectivity index (χ2n) is 3.31. The van der Waals surface area contributed by atoms with Crippen molar-refractivity contribution in [2.45, 2.75) is 13.3 Å². The van der Waals surface area contributed by atoms with E-state index in [4.69, 9.17) is 5.73 Å². The number of hydrogen-bond acceptors (Lipinski definition) is 3.